The Labute approximate surface area is 185 Å². The summed E-state index contributed by atoms with van der Waals surface area (Å²) in [5.41, 5.74) is 3.23. The van der Waals surface area contributed by atoms with Crippen LogP contribution in [0.3, 0.4) is 0 Å². The predicted molar refractivity (Wildman–Crippen MR) is 126 cm³/mol. The normalized spacial score (nSPS) is 10.8. The Hall–Kier alpha value is -3.51. The van der Waals surface area contributed by atoms with E-state index in [1.807, 2.05) is 60.7 Å². The molecule has 4 rings (SSSR count). The van der Waals surface area contributed by atoms with Crippen LogP contribution in [0, 0.1) is 4.77 Å². The van der Waals surface area contributed by atoms with Crippen LogP contribution in [-0.2, 0) is 19.4 Å². The van der Waals surface area contributed by atoms with Gasteiger partial charge < -0.3 is 10.3 Å². The lowest BCUT2D eigenvalue weighted by Gasteiger charge is -2.10. The highest BCUT2D eigenvalue weighted by Crippen LogP contribution is 2.12. The van der Waals surface area contributed by atoms with Gasteiger partial charge in [0.2, 0.25) is 0 Å². The molecule has 3 aromatic carbocycles. The van der Waals surface area contributed by atoms with Gasteiger partial charge in [0.15, 0.2) is 4.77 Å². The lowest BCUT2D eigenvalue weighted by molar-refractivity contribution is 0.0954. The molecule has 0 bridgehead atoms. The van der Waals surface area contributed by atoms with E-state index in [1.165, 1.54) is 5.56 Å². The topological polar surface area (TPSA) is 66.9 Å². The van der Waals surface area contributed by atoms with E-state index >= 15 is 0 Å². The summed E-state index contributed by atoms with van der Waals surface area (Å²) >= 11 is 5.42. The molecule has 1 heterocycles. The van der Waals surface area contributed by atoms with Gasteiger partial charge in [0.25, 0.3) is 11.5 Å². The van der Waals surface area contributed by atoms with Crippen LogP contribution >= 0.6 is 12.2 Å². The van der Waals surface area contributed by atoms with Gasteiger partial charge in [-0.15, -0.1) is 0 Å². The maximum Gasteiger partial charge on any atom is 0.262 e. The molecular formula is C25H23N3O2S. The van der Waals surface area contributed by atoms with E-state index in [-0.39, 0.29) is 11.5 Å². The number of benzene rings is 3. The van der Waals surface area contributed by atoms with Gasteiger partial charge in [-0.2, -0.15) is 0 Å². The Morgan fingerprint density at radius 1 is 0.903 bits per heavy atom. The first-order chi connectivity index (χ1) is 15.1. The molecule has 0 fully saturated rings. The quantitative estimate of drug-likeness (QED) is 0.431. The summed E-state index contributed by atoms with van der Waals surface area (Å²) in [5.74, 6) is -0.176. The first-order valence-corrected chi connectivity index (χ1v) is 10.7. The van der Waals surface area contributed by atoms with Crippen molar-refractivity contribution in [2.45, 2.75) is 19.4 Å². The van der Waals surface area contributed by atoms with Crippen molar-refractivity contribution in [2.24, 2.45) is 0 Å². The van der Waals surface area contributed by atoms with Crippen LogP contribution in [0.2, 0.25) is 0 Å². The van der Waals surface area contributed by atoms with Gasteiger partial charge >= 0.3 is 0 Å². The number of hydrogen-bond donors (Lipinski definition) is 2. The molecule has 0 saturated heterocycles. The number of fused-ring (bicyclic) bond motifs is 1. The maximum atomic E-state index is 13.0. The summed E-state index contributed by atoms with van der Waals surface area (Å²) in [4.78, 5) is 28.6. The Bertz CT molecular complexity index is 1310. The number of carbonyl (C=O) groups is 1. The monoisotopic (exact) mass is 429 g/mol. The van der Waals surface area contributed by atoms with Crippen molar-refractivity contribution >= 4 is 29.0 Å². The summed E-state index contributed by atoms with van der Waals surface area (Å²) in [6, 6.07) is 25.0. The standard InChI is InChI=1S/C25H23N3O2S/c29-23(26-15-13-18-7-3-1-4-8-18)20-11-12-21-22(17-20)27-25(31)28(24(21)30)16-14-19-9-5-2-6-10-19/h1-12,17H,13-16H2,(H,26,29)(H,27,31). The number of aromatic nitrogens is 2. The van der Waals surface area contributed by atoms with Crippen LogP contribution < -0.4 is 10.9 Å². The van der Waals surface area contributed by atoms with E-state index in [2.05, 4.69) is 10.3 Å². The fourth-order valence-electron chi connectivity index (χ4n) is 3.55. The number of aryl methyl sites for hydroxylation is 1. The smallest absolute Gasteiger partial charge is 0.262 e. The molecule has 0 aliphatic carbocycles. The zero-order chi connectivity index (χ0) is 21.6. The number of H-pyrrole nitrogens is 1. The highest BCUT2D eigenvalue weighted by molar-refractivity contribution is 7.71. The van der Waals surface area contributed by atoms with Gasteiger partial charge in [0.05, 0.1) is 10.9 Å². The van der Waals surface area contributed by atoms with Gasteiger partial charge in [0, 0.05) is 18.7 Å². The second-order valence-corrected chi connectivity index (χ2v) is 7.76. The molecule has 1 aromatic heterocycles. The average Bonchev–Trinajstić information content (AvgIpc) is 2.80. The molecule has 0 spiro atoms. The van der Waals surface area contributed by atoms with E-state index in [1.54, 1.807) is 22.8 Å². The summed E-state index contributed by atoms with van der Waals surface area (Å²) in [5, 5.41) is 3.45. The van der Waals surface area contributed by atoms with Crippen molar-refractivity contribution in [3.63, 3.8) is 0 Å². The third-order valence-corrected chi connectivity index (χ3v) is 5.58. The number of nitrogens with zero attached hydrogens (tertiary/aromatic N) is 1. The lowest BCUT2D eigenvalue weighted by Crippen LogP contribution is -2.26. The van der Waals surface area contributed by atoms with E-state index < -0.39 is 0 Å². The minimum absolute atomic E-state index is 0.147. The second-order valence-electron chi connectivity index (χ2n) is 7.37. The molecule has 0 aliphatic heterocycles. The summed E-state index contributed by atoms with van der Waals surface area (Å²) in [7, 11) is 0. The first-order valence-electron chi connectivity index (χ1n) is 10.2. The van der Waals surface area contributed by atoms with Gasteiger partial charge in [-0.25, -0.2) is 0 Å². The number of nitrogens with one attached hydrogen (secondary N) is 2. The zero-order valence-electron chi connectivity index (χ0n) is 17.0. The molecule has 6 heteroatoms. The molecule has 2 N–H and O–H groups in total. The molecule has 0 radical (unpaired) electrons. The lowest BCUT2D eigenvalue weighted by atomic mass is 10.1. The van der Waals surface area contributed by atoms with E-state index in [0.717, 1.165) is 12.0 Å². The molecule has 31 heavy (non-hydrogen) atoms. The number of hydrogen-bond acceptors (Lipinski definition) is 3. The van der Waals surface area contributed by atoms with Crippen molar-refractivity contribution in [2.75, 3.05) is 6.54 Å². The summed E-state index contributed by atoms with van der Waals surface area (Å²) in [6.45, 7) is 1.04. The molecule has 0 unspecified atom stereocenters. The summed E-state index contributed by atoms with van der Waals surface area (Å²) in [6.07, 6.45) is 1.47. The molecule has 156 valence electrons. The molecule has 5 nitrogen and oxygen atoms in total. The zero-order valence-corrected chi connectivity index (χ0v) is 17.8. The molecule has 4 aromatic rings. The van der Waals surface area contributed by atoms with Crippen molar-refractivity contribution in [3.8, 4) is 0 Å². The van der Waals surface area contributed by atoms with Crippen molar-refractivity contribution in [1.82, 2.24) is 14.9 Å². The number of rotatable bonds is 7. The van der Waals surface area contributed by atoms with Crippen molar-refractivity contribution in [1.29, 1.82) is 0 Å². The number of carbonyl (C=O) groups excluding carboxylic acids is 1. The minimum atomic E-state index is -0.176. The molecule has 1 amide bonds. The van der Waals surface area contributed by atoms with Crippen molar-refractivity contribution < 1.29 is 4.79 Å². The largest absolute Gasteiger partial charge is 0.352 e. The second kappa shape index (κ2) is 9.53. The van der Waals surface area contributed by atoms with Crippen molar-refractivity contribution in [3.05, 3.63) is 111 Å². The Morgan fingerprint density at radius 3 is 2.23 bits per heavy atom. The van der Waals surface area contributed by atoms with Gasteiger partial charge in [-0.3, -0.25) is 14.2 Å². The fraction of sp³-hybridized carbons (Fsp3) is 0.160. The minimum Gasteiger partial charge on any atom is -0.352 e. The molecule has 0 saturated carbocycles. The van der Waals surface area contributed by atoms with E-state index in [0.29, 0.717) is 40.7 Å². The molecule has 0 atom stereocenters. The molecular weight excluding hydrogens is 406 g/mol. The van der Waals surface area contributed by atoms with E-state index in [4.69, 9.17) is 12.2 Å². The van der Waals surface area contributed by atoms with Crippen LogP contribution in [0.15, 0.2) is 83.7 Å². The summed E-state index contributed by atoms with van der Waals surface area (Å²) < 4.78 is 1.93. The Balaban J connectivity index is 1.49. The highest BCUT2D eigenvalue weighted by atomic mass is 32.1. The van der Waals surface area contributed by atoms with Crippen LogP contribution in [0.4, 0.5) is 0 Å². The molecule has 0 aliphatic rings. The van der Waals surface area contributed by atoms with Gasteiger partial charge in [0.1, 0.15) is 0 Å². The van der Waals surface area contributed by atoms with Crippen LogP contribution in [-0.4, -0.2) is 22.0 Å². The Kier molecular flexibility index (Phi) is 6.38. The van der Waals surface area contributed by atoms with Crippen LogP contribution in [0.5, 0.6) is 0 Å². The Morgan fingerprint density at radius 2 is 1.55 bits per heavy atom. The van der Waals surface area contributed by atoms with Gasteiger partial charge in [-0.05, 0) is 54.4 Å². The van der Waals surface area contributed by atoms with Crippen LogP contribution in [0.25, 0.3) is 10.9 Å². The van der Waals surface area contributed by atoms with Crippen LogP contribution in [0.1, 0.15) is 21.5 Å². The van der Waals surface area contributed by atoms with E-state index in [9.17, 15) is 9.59 Å². The SMILES string of the molecule is O=C(NCCc1ccccc1)c1ccc2c(=O)n(CCc3ccccc3)c(=S)[nH]c2c1. The average molecular weight is 430 g/mol. The highest BCUT2D eigenvalue weighted by Gasteiger charge is 2.10. The first kappa shape index (κ1) is 20.8. The third kappa shape index (κ3) is 4.98. The number of amides is 1. The third-order valence-electron chi connectivity index (χ3n) is 5.25. The predicted octanol–water partition coefficient (Wildman–Crippen LogP) is 4.27. The maximum absolute atomic E-state index is 13.0. The fourth-order valence-corrected chi connectivity index (χ4v) is 3.84. The number of aromatic amines is 1. The van der Waals surface area contributed by atoms with Gasteiger partial charge in [-0.1, -0.05) is 60.7 Å².